The van der Waals surface area contributed by atoms with E-state index in [0.717, 1.165) is 17.2 Å². The van der Waals surface area contributed by atoms with E-state index in [9.17, 15) is 22.4 Å². The molecule has 1 aromatic rings. The molecule has 1 atom stereocenters. The molecule has 1 fully saturated rings. The summed E-state index contributed by atoms with van der Waals surface area (Å²) in [7, 11) is -3.61. The van der Waals surface area contributed by atoms with Crippen LogP contribution in [0.25, 0.3) is 0 Å². The summed E-state index contributed by atoms with van der Waals surface area (Å²) in [5.41, 5.74) is -0.0283. The highest BCUT2D eigenvalue weighted by atomic mass is 32.2. The Morgan fingerprint density at radius 3 is 2.74 bits per heavy atom. The largest absolute Gasteiger partial charge is 0.423 e. The van der Waals surface area contributed by atoms with Gasteiger partial charge in [-0.15, -0.1) is 0 Å². The average molecular weight is 345 g/mol. The van der Waals surface area contributed by atoms with Crippen LogP contribution in [0.3, 0.4) is 0 Å². The first-order chi connectivity index (χ1) is 10.7. The Labute approximate surface area is 132 Å². The highest BCUT2D eigenvalue weighted by Gasteiger charge is 2.33. The van der Waals surface area contributed by atoms with Gasteiger partial charge in [0.05, 0.1) is 24.2 Å². The molecule has 0 aromatic heterocycles. The number of hydrogen-bond donors (Lipinski definition) is 2. The predicted octanol–water partition coefficient (Wildman–Crippen LogP) is 1.01. The SMILES string of the molecule is CCC(=O)N[C@@H]1CN(c2ccc(NS(C)(=O)=O)c(F)c2)C(=O)O1. The molecule has 0 unspecified atom stereocenters. The van der Waals surface area contributed by atoms with Crippen molar-refractivity contribution in [2.75, 3.05) is 22.4 Å². The molecule has 2 N–H and O–H groups in total. The summed E-state index contributed by atoms with van der Waals surface area (Å²) in [6.45, 7) is 1.69. The van der Waals surface area contributed by atoms with Gasteiger partial charge in [0, 0.05) is 6.42 Å². The summed E-state index contributed by atoms with van der Waals surface area (Å²) in [6.07, 6.45) is -0.394. The fraction of sp³-hybridized carbons (Fsp3) is 0.385. The minimum absolute atomic E-state index is 0.0306. The van der Waals surface area contributed by atoms with E-state index >= 15 is 0 Å². The summed E-state index contributed by atoms with van der Waals surface area (Å²) in [4.78, 5) is 24.2. The Morgan fingerprint density at radius 2 is 2.17 bits per heavy atom. The van der Waals surface area contributed by atoms with Crippen molar-refractivity contribution in [1.29, 1.82) is 0 Å². The average Bonchev–Trinajstić information content (AvgIpc) is 2.80. The van der Waals surface area contributed by atoms with Gasteiger partial charge in [0.25, 0.3) is 0 Å². The van der Waals surface area contributed by atoms with Crippen molar-refractivity contribution < 1.29 is 27.1 Å². The number of hydrogen-bond acceptors (Lipinski definition) is 5. The summed E-state index contributed by atoms with van der Waals surface area (Å²) >= 11 is 0. The third kappa shape index (κ3) is 4.31. The van der Waals surface area contributed by atoms with Crippen LogP contribution in [0, 0.1) is 5.82 Å². The van der Waals surface area contributed by atoms with Crippen molar-refractivity contribution in [2.24, 2.45) is 0 Å². The second kappa shape index (κ2) is 6.41. The molecule has 1 aliphatic rings. The molecule has 1 aliphatic heterocycles. The number of rotatable bonds is 5. The minimum atomic E-state index is -3.61. The van der Waals surface area contributed by atoms with Crippen molar-refractivity contribution in [3.8, 4) is 0 Å². The molecule has 8 nitrogen and oxygen atoms in total. The zero-order chi connectivity index (χ0) is 17.2. The topological polar surface area (TPSA) is 105 Å². The van der Waals surface area contributed by atoms with Crippen molar-refractivity contribution in [2.45, 2.75) is 19.6 Å². The maximum atomic E-state index is 13.9. The first-order valence-electron chi connectivity index (χ1n) is 6.74. The van der Waals surface area contributed by atoms with Gasteiger partial charge >= 0.3 is 6.09 Å². The standard InChI is InChI=1S/C13H16FN3O5S/c1-3-11(18)15-12-7-17(13(19)22-12)8-4-5-10(9(14)6-8)16-23(2,20)21/h4-6,12,16H,3,7H2,1-2H3,(H,15,18)/t12-/m0/s1. The van der Waals surface area contributed by atoms with Crippen molar-refractivity contribution >= 4 is 33.4 Å². The van der Waals surface area contributed by atoms with E-state index in [-0.39, 0.29) is 30.2 Å². The number of carbonyl (C=O) groups excluding carboxylic acids is 2. The molecule has 1 saturated heterocycles. The van der Waals surface area contributed by atoms with Gasteiger partial charge in [0.15, 0.2) is 6.23 Å². The molecule has 1 aromatic carbocycles. The van der Waals surface area contributed by atoms with Crippen LogP contribution >= 0.6 is 0 Å². The van der Waals surface area contributed by atoms with Crippen LogP contribution in [0.15, 0.2) is 18.2 Å². The highest BCUT2D eigenvalue weighted by molar-refractivity contribution is 7.92. The molecule has 10 heteroatoms. The van der Waals surface area contributed by atoms with Gasteiger partial charge in [-0.3, -0.25) is 14.4 Å². The van der Waals surface area contributed by atoms with E-state index in [1.165, 1.54) is 12.1 Å². The van der Waals surface area contributed by atoms with Crippen LogP contribution in [-0.2, 0) is 19.6 Å². The maximum absolute atomic E-state index is 13.9. The van der Waals surface area contributed by atoms with Crippen molar-refractivity contribution in [3.63, 3.8) is 0 Å². The number of amides is 2. The van der Waals surface area contributed by atoms with E-state index in [0.29, 0.717) is 0 Å². The van der Waals surface area contributed by atoms with Crippen LogP contribution in [-0.4, -0.2) is 39.4 Å². The molecular weight excluding hydrogens is 329 g/mol. The van der Waals surface area contributed by atoms with Gasteiger partial charge in [0.1, 0.15) is 5.82 Å². The monoisotopic (exact) mass is 345 g/mol. The lowest BCUT2D eigenvalue weighted by molar-refractivity contribution is -0.123. The normalized spacial score (nSPS) is 17.8. The van der Waals surface area contributed by atoms with Crippen LogP contribution in [0.2, 0.25) is 0 Å². The Balaban J connectivity index is 2.14. The van der Waals surface area contributed by atoms with Gasteiger partial charge < -0.3 is 10.1 Å². The summed E-state index contributed by atoms with van der Waals surface area (Å²) < 4.78 is 43.2. The molecule has 126 valence electrons. The molecule has 23 heavy (non-hydrogen) atoms. The fourth-order valence-electron chi connectivity index (χ4n) is 1.98. The third-order valence-corrected chi connectivity index (χ3v) is 3.61. The molecule has 1 heterocycles. The van der Waals surface area contributed by atoms with Gasteiger partial charge in [-0.25, -0.2) is 17.6 Å². The number of nitrogens with zero attached hydrogens (tertiary/aromatic N) is 1. The van der Waals surface area contributed by atoms with Crippen LogP contribution in [0.1, 0.15) is 13.3 Å². The number of ether oxygens (including phenoxy) is 1. The zero-order valence-corrected chi connectivity index (χ0v) is 13.3. The maximum Gasteiger partial charge on any atom is 0.416 e. The van der Waals surface area contributed by atoms with Crippen LogP contribution < -0.4 is 14.9 Å². The van der Waals surface area contributed by atoms with E-state index < -0.39 is 28.2 Å². The predicted molar refractivity (Wildman–Crippen MR) is 80.9 cm³/mol. The van der Waals surface area contributed by atoms with E-state index in [1.807, 2.05) is 4.72 Å². The van der Waals surface area contributed by atoms with E-state index in [1.54, 1.807) is 6.92 Å². The molecule has 0 radical (unpaired) electrons. The van der Waals surface area contributed by atoms with E-state index in [2.05, 4.69) is 5.32 Å². The van der Waals surface area contributed by atoms with Crippen molar-refractivity contribution in [1.82, 2.24) is 5.32 Å². The fourth-order valence-corrected chi connectivity index (χ4v) is 2.55. The van der Waals surface area contributed by atoms with E-state index in [4.69, 9.17) is 4.74 Å². The number of sulfonamides is 1. The molecular formula is C13H16FN3O5S. The Bertz CT molecular complexity index is 737. The number of carbonyl (C=O) groups is 2. The molecule has 2 rings (SSSR count). The second-order valence-electron chi connectivity index (χ2n) is 4.94. The lowest BCUT2D eigenvalue weighted by Gasteiger charge is -2.14. The number of nitrogens with one attached hydrogen (secondary N) is 2. The highest BCUT2D eigenvalue weighted by Crippen LogP contribution is 2.26. The van der Waals surface area contributed by atoms with Gasteiger partial charge in [-0.05, 0) is 18.2 Å². The second-order valence-corrected chi connectivity index (χ2v) is 6.69. The summed E-state index contributed by atoms with van der Waals surface area (Å²) in [5.74, 6) is -1.11. The molecule has 0 aliphatic carbocycles. The van der Waals surface area contributed by atoms with Gasteiger partial charge in [0.2, 0.25) is 15.9 Å². The molecule has 0 bridgehead atoms. The molecule has 2 amide bonds. The quantitative estimate of drug-likeness (QED) is 0.828. The number of anilines is 2. The zero-order valence-electron chi connectivity index (χ0n) is 12.5. The number of halogens is 1. The van der Waals surface area contributed by atoms with Crippen LogP contribution in [0.5, 0.6) is 0 Å². The third-order valence-electron chi connectivity index (χ3n) is 3.01. The first kappa shape index (κ1) is 17.0. The van der Waals surface area contributed by atoms with Crippen LogP contribution in [0.4, 0.5) is 20.6 Å². The number of benzene rings is 1. The molecule has 0 spiro atoms. The summed E-state index contributed by atoms with van der Waals surface area (Å²) in [5, 5.41) is 2.51. The Kier molecular flexibility index (Phi) is 4.73. The van der Waals surface area contributed by atoms with Gasteiger partial charge in [-0.2, -0.15) is 0 Å². The lowest BCUT2D eigenvalue weighted by atomic mass is 10.2. The lowest BCUT2D eigenvalue weighted by Crippen LogP contribution is -2.37. The van der Waals surface area contributed by atoms with Gasteiger partial charge in [-0.1, -0.05) is 6.92 Å². The first-order valence-corrected chi connectivity index (χ1v) is 8.63. The Hall–Kier alpha value is -2.36. The summed E-state index contributed by atoms with van der Waals surface area (Å²) in [6, 6.07) is 3.59. The molecule has 0 saturated carbocycles. The Morgan fingerprint density at radius 1 is 1.48 bits per heavy atom. The van der Waals surface area contributed by atoms with Crippen molar-refractivity contribution in [3.05, 3.63) is 24.0 Å². The smallest absolute Gasteiger partial charge is 0.416 e. The number of cyclic esters (lactones) is 1. The minimum Gasteiger partial charge on any atom is -0.423 e.